The minimum Gasteiger partial charge on any atom is -0.493 e. The van der Waals surface area contributed by atoms with Crippen molar-refractivity contribution in [3.05, 3.63) is 52.0 Å². The van der Waals surface area contributed by atoms with Crippen LogP contribution in [0.15, 0.2) is 36.4 Å². The molecule has 27 heavy (non-hydrogen) atoms. The van der Waals surface area contributed by atoms with Crippen LogP contribution in [0.2, 0.25) is 10.0 Å². The molecule has 0 heterocycles. The van der Waals surface area contributed by atoms with Crippen molar-refractivity contribution in [2.75, 3.05) is 19.0 Å². The monoisotopic (exact) mass is 411 g/mol. The van der Waals surface area contributed by atoms with Crippen LogP contribution >= 0.6 is 23.2 Å². The van der Waals surface area contributed by atoms with Gasteiger partial charge in [0.15, 0.2) is 18.1 Å². The number of ether oxygens (including phenoxy) is 3. The van der Waals surface area contributed by atoms with Gasteiger partial charge in [0.2, 0.25) is 0 Å². The molecule has 1 N–H and O–H groups in total. The summed E-state index contributed by atoms with van der Waals surface area (Å²) in [6, 6.07) is 9.29. The van der Waals surface area contributed by atoms with Crippen molar-refractivity contribution in [3.63, 3.8) is 0 Å². The summed E-state index contributed by atoms with van der Waals surface area (Å²) in [5, 5.41) is 3.28. The van der Waals surface area contributed by atoms with Crippen LogP contribution in [-0.4, -0.2) is 31.7 Å². The van der Waals surface area contributed by atoms with E-state index >= 15 is 0 Å². The number of benzene rings is 2. The first kappa shape index (κ1) is 20.9. The zero-order valence-electron chi connectivity index (χ0n) is 15.0. The molecule has 0 atom stereocenters. The van der Waals surface area contributed by atoms with Gasteiger partial charge in [0, 0.05) is 5.02 Å². The van der Waals surface area contributed by atoms with Gasteiger partial charge in [-0.1, -0.05) is 23.2 Å². The molecule has 0 aliphatic carbocycles. The lowest BCUT2D eigenvalue weighted by atomic mass is 10.2. The Hall–Kier alpha value is -2.44. The maximum atomic E-state index is 12.2. The van der Waals surface area contributed by atoms with Gasteiger partial charge in [-0.25, -0.2) is 4.79 Å². The minimum atomic E-state index is -0.670. The predicted molar refractivity (Wildman–Crippen MR) is 104 cm³/mol. The molecule has 0 aliphatic heterocycles. The third kappa shape index (κ3) is 6.05. The summed E-state index contributed by atoms with van der Waals surface area (Å²) in [4.78, 5) is 24.2. The highest BCUT2D eigenvalue weighted by molar-refractivity contribution is 6.35. The highest BCUT2D eigenvalue weighted by atomic mass is 35.5. The minimum absolute atomic E-state index is 0.0429. The van der Waals surface area contributed by atoms with Gasteiger partial charge in [0.25, 0.3) is 5.91 Å². The van der Waals surface area contributed by atoms with Crippen molar-refractivity contribution >= 4 is 40.8 Å². The molecule has 0 spiro atoms. The second-order valence-corrected chi connectivity index (χ2v) is 6.62. The molecule has 0 bridgehead atoms. The lowest BCUT2D eigenvalue weighted by Gasteiger charge is -2.14. The summed E-state index contributed by atoms with van der Waals surface area (Å²) < 4.78 is 15.8. The molecule has 2 rings (SSSR count). The summed E-state index contributed by atoms with van der Waals surface area (Å²) in [6.07, 6.45) is -0.0429. The van der Waals surface area contributed by atoms with Crippen molar-refractivity contribution < 1.29 is 23.8 Å². The largest absolute Gasteiger partial charge is 0.493 e. The Morgan fingerprint density at radius 2 is 1.81 bits per heavy atom. The number of carbonyl (C=O) groups excluding carboxylic acids is 2. The van der Waals surface area contributed by atoms with Crippen molar-refractivity contribution in [1.29, 1.82) is 0 Å². The number of hydrogen-bond donors (Lipinski definition) is 1. The summed E-state index contributed by atoms with van der Waals surface area (Å²) >= 11 is 11.8. The average Bonchev–Trinajstić information content (AvgIpc) is 2.62. The van der Waals surface area contributed by atoms with E-state index in [0.717, 1.165) is 0 Å². The van der Waals surface area contributed by atoms with E-state index in [2.05, 4.69) is 5.32 Å². The first-order valence-electron chi connectivity index (χ1n) is 8.07. The third-order valence-corrected chi connectivity index (χ3v) is 3.86. The van der Waals surface area contributed by atoms with Crippen LogP contribution in [0.3, 0.4) is 0 Å². The molecule has 0 saturated heterocycles. The van der Waals surface area contributed by atoms with Gasteiger partial charge in [-0.15, -0.1) is 0 Å². The normalized spacial score (nSPS) is 10.4. The van der Waals surface area contributed by atoms with Crippen molar-refractivity contribution in [3.8, 4) is 11.5 Å². The van der Waals surface area contributed by atoms with Gasteiger partial charge in [-0.05, 0) is 50.2 Å². The number of anilines is 1. The fraction of sp³-hybridized carbons (Fsp3) is 0.263. The summed E-state index contributed by atoms with van der Waals surface area (Å²) in [5.41, 5.74) is 0.568. The van der Waals surface area contributed by atoms with Gasteiger partial charge in [0.1, 0.15) is 0 Å². The van der Waals surface area contributed by atoms with Crippen LogP contribution in [0.25, 0.3) is 0 Å². The molecule has 2 aromatic rings. The Bertz CT molecular complexity index is 839. The molecule has 0 fully saturated rings. The van der Waals surface area contributed by atoms with E-state index in [1.807, 2.05) is 13.8 Å². The van der Waals surface area contributed by atoms with Crippen LogP contribution in [-0.2, 0) is 9.53 Å². The maximum Gasteiger partial charge on any atom is 0.338 e. The summed E-state index contributed by atoms with van der Waals surface area (Å²) in [5.74, 6) is -0.304. The Balaban J connectivity index is 1.98. The Morgan fingerprint density at radius 1 is 1.07 bits per heavy atom. The second kappa shape index (κ2) is 9.48. The molecular weight excluding hydrogens is 393 g/mol. The lowest BCUT2D eigenvalue weighted by molar-refractivity contribution is -0.119. The van der Waals surface area contributed by atoms with Crippen LogP contribution < -0.4 is 14.8 Å². The molecule has 0 radical (unpaired) electrons. The van der Waals surface area contributed by atoms with E-state index in [4.69, 9.17) is 37.4 Å². The Morgan fingerprint density at radius 3 is 2.48 bits per heavy atom. The fourth-order valence-electron chi connectivity index (χ4n) is 2.14. The van der Waals surface area contributed by atoms with E-state index < -0.39 is 18.5 Å². The van der Waals surface area contributed by atoms with Gasteiger partial charge in [-0.2, -0.15) is 0 Å². The quantitative estimate of drug-likeness (QED) is 0.674. The number of nitrogens with one attached hydrogen (secondary N) is 1. The lowest BCUT2D eigenvalue weighted by Crippen LogP contribution is -2.21. The smallest absolute Gasteiger partial charge is 0.338 e. The van der Waals surface area contributed by atoms with E-state index in [0.29, 0.717) is 27.2 Å². The molecule has 0 saturated carbocycles. The van der Waals surface area contributed by atoms with Crippen molar-refractivity contribution in [2.24, 2.45) is 0 Å². The van der Waals surface area contributed by atoms with Crippen molar-refractivity contribution in [2.45, 2.75) is 20.0 Å². The highest BCUT2D eigenvalue weighted by Crippen LogP contribution is 2.29. The van der Waals surface area contributed by atoms with E-state index in [9.17, 15) is 9.59 Å². The molecule has 0 unspecified atom stereocenters. The third-order valence-electron chi connectivity index (χ3n) is 3.30. The number of carbonyl (C=O) groups is 2. The van der Waals surface area contributed by atoms with Crippen LogP contribution in [0, 0.1) is 0 Å². The molecule has 144 valence electrons. The number of methoxy groups -OCH3 is 1. The maximum absolute atomic E-state index is 12.2. The first-order valence-corrected chi connectivity index (χ1v) is 8.82. The molecular formula is C19H19Cl2NO5. The Labute approximate surface area is 167 Å². The standard InChI is InChI=1S/C19H19Cl2NO5/c1-11(2)27-16-7-4-12(8-17(16)25-3)19(24)26-10-18(23)22-15-9-13(20)5-6-14(15)21/h4-9,11H,10H2,1-3H3,(H,22,23). The number of amides is 1. The molecule has 6 nitrogen and oxygen atoms in total. The van der Waals surface area contributed by atoms with Crippen LogP contribution in [0.1, 0.15) is 24.2 Å². The summed E-state index contributed by atoms with van der Waals surface area (Å²) in [7, 11) is 1.47. The van der Waals surface area contributed by atoms with Crippen LogP contribution in [0.4, 0.5) is 5.69 Å². The number of hydrogen-bond acceptors (Lipinski definition) is 5. The van der Waals surface area contributed by atoms with Crippen molar-refractivity contribution in [1.82, 2.24) is 0 Å². The zero-order chi connectivity index (χ0) is 20.0. The number of esters is 1. The molecule has 0 aliphatic rings. The second-order valence-electron chi connectivity index (χ2n) is 5.78. The van der Waals surface area contributed by atoms with E-state index in [-0.39, 0.29) is 11.7 Å². The van der Waals surface area contributed by atoms with Gasteiger partial charge >= 0.3 is 5.97 Å². The Kier molecular flexibility index (Phi) is 7.33. The number of halogens is 2. The average molecular weight is 412 g/mol. The highest BCUT2D eigenvalue weighted by Gasteiger charge is 2.15. The zero-order valence-corrected chi connectivity index (χ0v) is 16.6. The fourth-order valence-corrected chi connectivity index (χ4v) is 2.48. The predicted octanol–water partition coefficient (Wildman–Crippen LogP) is 4.58. The first-order chi connectivity index (χ1) is 12.8. The molecule has 0 aromatic heterocycles. The van der Waals surface area contributed by atoms with Gasteiger partial charge < -0.3 is 19.5 Å². The van der Waals surface area contributed by atoms with E-state index in [1.165, 1.54) is 25.3 Å². The van der Waals surface area contributed by atoms with Gasteiger partial charge in [0.05, 0.1) is 29.5 Å². The summed E-state index contributed by atoms with van der Waals surface area (Å²) in [6.45, 7) is 3.28. The topological polar surface area (TPSA) is 73.9 Å². The molecule has 8 heteroatoms. The molecule has 1 amide bonds. The van der Waals surface area contributed by atoms with Gasteiger partial charge in [-0.3, -0.25) is 4.79 Å². The SMILES string of the molecule is COc1cc(C(=O)OCC(=O)Nc2cc(Cl)ccc2Cl)ccc1OC(C)C. The molecule has 2 aromatic carbocycles. The number of rotatable bonds is 7. The van der Waals surface area contributed by atoms with E-state index in [1.54, 1.807) is 18.2 Å². The van der Waals surface area contributed by atoms with Crippen LogP contribution in [0.5, 0.6) is 11.5 Å².